The molecular formula is C17H19N5O. The van der Waals surface area contributed by atoms with Gasteiger partial charge in [0.1, 0.15) is 23.6 Å². The number of aromatic nitrogens is 4. The lowest BCUT2D eigenvalue weighted by Crippen LogP contribution is -2.36. The number of piperidine rings is 1. The molecule has 0 amide bonds. The Kier molecular flexibility index (Phi) is 2.89. The normalized spacial score (nSPS) is 21.9. The second kappa shape index (κ2) is 5.08. The zero-order valence-electron chi connectivity index (χ0n) is 12.9. The van der Waals surface area contributed by atoms with Crippen LogP contribution in [0.25, 0.3) is 11.0 Å². The van der Waals surface area contributed by atoms with Crippen molar-refractivity contribution in [1.82, 2.24) is 19.7 Å². The number of anilines is 1. The summed E-state index contributed by atoms with van der Waals surface area (Å²) < 4.78 is 7.81. The number of hydrogen-bond donors (Lipinski definition) is 0. The zero-order chi connectivity index (χ0) is 15.2. The third-order valence-corrected chi connectivity index (χ3v) is 4.99. The van der Waals surface area contributed by atoms with E-state index >= 15 is 0 Å². The van der Waals surface area contributed by atoms with Crippen LogP contribution in [0.3, 0.4) is 0 Å². The van der Waals surface area contributed by atoms with E-state index in [2.05, 4.69) is 24.6 Å². The highest BCUT2D eigenvalue weighted by Crippen LogP contribution is 2.38. The summed E-state index contributed by atoms with van der Waals surface area (Å²) in [6.45, 7) is 1.98. The second-order valence-corrected chi connectivity index (χ2v) is 6.58. The van der Waals surface area contributed by atoms with Gasteiger partial charge in [0.15, 0.2) is 0 Å². The maximum atomic E-state index is 5.51. The fourth-order valence-electron chi connectivity index (χ4n) is 3.69. The minimum Gasteiger partial charge on any atom is -0.464 e. The predicted octanol–water partition coefficient (Wildman–Crippen LogP) is 3.14. The molecule has 0 spiro atoms. The first-order valence-corrected chi connectivity index (χ1v) is 8.37. The van der Waals surface area contributed by atoms with Crippen LogP contribution in [-0.4, -0.2) is 32.8 Å². The fourth-order valence-corrected chi connectivity index (χ4v) is 3.69. The number of fused-ring (bicyclic) bond motifs is 1. The van der Waals surface area contributed by atoms with Crippen molar-refractivity contribution in [3.05, 3.63) is 36.7 Å². The molecule has 0 N–H and O–H groups in total. The SMILES string of the molecule is c1cc2occc2c(N2CCC[C@@H](c3nncn3C3CC3)C2)n1. The number of hydrogen-bond acceptors (Lipinski definition) is 5. The van der Waals surface area contributed by atoms with Crippen LogP contribution in [-0.2, 0) is 0 Å². The molecule has 23 heavy (non-hydrogen) atoms. The molecule has 2 fully saturated rings. The van der Waals surface area contributed by atoms with Crippen LogP contribution in [0.15, 0.2) is 35.3 Å². The van der Waals surface area contributed by atoms with Gasteiger partial charge in [0.2, 0.25) is 0 Å². The Morgan fingerprint density at radius 2 is 2.13 bits per heavy atom. The molecule has 4 heterocycles. The molecule has 3 aromatic rings. The number of nitrogens with zero attached hydrogens (tertiary/aromatic N) is 5. The highest BCUT2D eigenvalue weighted by molar-refractivity contribution is 5.88. The Labute approximate surface area is 134 Å². The molecule has 3 aromatic heterocycles. The molecule has 0 aromatic carbocycles. The molecule has 0 bridgehead atoms. The topological polar surface area (TPSA) is 60.0 Å². The van der Waals surface area contributed by atoms with Crippen LogP contribution in [0.1, 0.15) is 43.5 Å². The smallest absolute Gasteiger partial charge is 0.139 e. The summed E-state index contributed by atoms with van der Waals surface area (Å²) in [7, 11) is 0. The van der Waals surface area contributed by atoms with Gasteiger partial charge < -0.3 is 13.9 Å². The quantitative estimate of drug-likeness (QED) is 0.744. The molecule has 1 saturated heterocycles. The monoisotopic (exact) mass is 309 g/mol. The molecule has 0 unspecified atom stereocenters. The molecule has 5 rings (SSSR count). The molecular weight excluding hydrogens is 290 g/mol. The van der Waals surface area contributed by atoms with E-state index in [0.717, 1.165) is 42.1 Å². The molecule has 1 saturated carbocycles. The van der Waals surface area contributed by atoms with Crippen molar-refractivity contribution in [2.75, 3.05) is 18.0 Å². The molecule has 0 radical (unpaired) electrons. The van der Waals surface area contributed by atoms with Gasteiger partial charge >= 0.3 is 0 Å². The lowest BCUT2D eigenvalue weighted by atomic mass is 9.97. The molecule has 2 aliphatic rings. The van der Waals surface area contributed by atoms with Gasteiger partial charge in [-0.3, -0.25) is 0 Å². The van der Waals surface area contributed by atoms with Crippen molar-refractivity contribution in [2.45, 2.75) is 37.6 Å². The number of rotatable bonds is 3. The van der Waals surface area contributed by atoms with E-state index in [9.17, 15) is 0 Å². The highest BCUT2D eigenvalue weighted by atomic mass is 16.3. The van der Waals surface area contributed by atoms with Crippen molar-refractivity contribution < 1.29 is 4.42 Å². The number of pyridine rings is 1. The van der Waals surface area contributed by atoms with Crippen molar-refractivity contribution in [3.8, 4) is 0 Å². The van der Waals surface area contributed by atoms with Crippen LogP contribution < -0.4 is 4.90 Å². The van der Waals surface area contributed by atoms with E-state index < -0.39 is 0 Å². The molecule has 1 aliphatic heterocycles. The lowest BCUT2D eigenvalue weighted by molar-refractivity contribution is 0.470. The molecule has 6 heteroatoms. The first-order chi connectivity index (χ1) is 11.4. The average molecular weight is 309 g/mol. The summed E-state index contributed by atoms with van der Waals surface area (Å²) in [5.41, 5.74) is 0.901. The van der Waals surface area contributed by atoms with E-state index in [1.807, 2.05) is 24.7 Å². The van der Waals surface area contributed by atoms with Crippen LogP contribution in [0.2, 0.25) is 0 Å². The summed E-state index contributed by atoms with van der Waals surface area (Å²) in [6.07, 6.45) is 10.3. The highest BCUT2D eigenvalue weighted by Gasteiger charge is 2.32. The van der Waals surface area contributed by atoms with Crippen molar-refractivity contribution >= 4 is 16.8 Å². The number of furan rings is 1. The Bertz CT molecular complexity index is 834. The second-order valence-electron chi connectivity index (χ2n) is 6.58. The predicted molar refractivity (Wildman–Crippen MR) is 86.5 cm³/mol. The van der Waals surface area contributed by atoms with Gasteiger partial charge in [-0.05, 0) is 37.8 Å². The summed E-state index contributed by atoms with van der Waals surface area (Å²) in [6, 6.07) is 4.56. The standard InChI is InChI=1S/C17H19N5O/c1-2-12(16-20-19-11-22(16)13-3-4-13)10-21(8-1)17-14-6-9-23-15(14)5-7-18-17/h5-7,9,11-13H,1-4,8,10H2/t12-/m1/s1. The first-order valence-electron chi connectivity index (χ1n) is 8.37. The van der Waals surface area contributed by atoms with Gasteiger partial charge in [-0.2, -0.15) is 0 Å². The van der Waals surface area contributed by atoms with Crippen molar-refractivity contribution in [1.29, 1.82) is 0 Å². The molecule has 1 aliphatic carbocycles. The fraction of sp³-hybridized carbons (Fsp3) is 0.471. The Hall–Kier alpha value is -2.37. The largest absolute Gasteiger partial charge is 0.464 e. The third-order valence-electron chi connectivity index (χ3n) is 4.99. The third kappa shape index (κ3) is 2.20. The molecule has 118 valence electrons. The minimum absolute atomic E-state index is 0.427. The maximum Gasteiger partial charge on any atom is 0.139 e. The minimum atomic E-state index is 0.427. The van der Waals surface area contributed by atoms with E-state index in [1.54, 1.807) is 6.26 Å². The van der Waals surface area contributed by atoms with Gasteiger partial charge in [-0.1, -0.05) is 0 Å². The van der Waals surface area contributed by atoms with Crippen LogP contribution >= 0.6 is 0 Å². The average Bonchev–Trinajstić information content (AvgIpc) is 3.12. The molecule has 6 nitrogen and oxygen atoms in total. The van der Waals surface area contributed by atoms with Gasteiger partial charge in [-0.15, -0.1) is 10.2 Å². The van der Waals surface area contributed by atoms with Gasteiger partial charge in [0.25, 0.3) is 0 Å². The Morgan fingerprint density at radius 3 is 3.04 bits per heavy atom. The molecule has 1 atom stereocenters. The summed E-state index contributed by atoms with van der Waals surface area (Å²) in [5.74, 6) is 2.60. The van der Waals surface area contributed by atoms with Gasteiger partial charge in [-0.25, -0.2) is 4.98 Å². The van der Waals surface area contributed by atoms with Crippen LogP contribution in [0.4, 0.5) is 5.82 Å². The summed E-state index contributed by atoms with van der Waals surface area (Å²) in [4.78, 5) is 6.98. The Morgan fingerprint density at radius 1 is 1.17 bits per heavy atom. The van der Waals surface area contributed by atoms with Gasteiger partial charge in [0.05, 0.1) is 11.6 Å². The van der Waals surface area contributed by atoms with E-state index in [0.29, 0.717) is 12.0 Å². The van der Waals surface area contributed by atoms with Crippen molar-refractivity contribution in [3.63, 3.8) is 0 Å². The van der Waals surface area contributed by atoms with Crippen molar-refractivity contribution in [2.24, 2.45) is 0 Å². The summed E-state index contributed by atoms with van der Waals surface area (Å²) in [5, 5.41) is 9.69. The zero-order valence-corrected chi connectivity index (χ0v) is 12.9. The van der Waals surface area contributed by atoms with Gasteiger partial charge in [0, 0.05) is 31.2 Å². The Balaban J connectivity index is 1.46. The van der Waals surface area contributed by atoms with E-state index in [1.165, 1.54) is 19.3 Å². The van der Waals surface area contributed by atoms with Crippen LogP contribution in [0, 0.1) is 0 Å². The summed E-state index contributed by atoms with van der Waals surface area (Å²) >= 11 is 0. The maximum absolute atomic E-state index is 5.51. The lowest BCUT2D eigenvalue weighted by Gasteiger charge is -2.33. The first kappa shape index (κ1) is 13.1. The van der Waals surface area contributed by atoms with E-state index in [-0.39, 0.29) is 0 Å². The van der Waals surface area contributed by atoms with E-state index in [4.69, 9.17) is 4.42 Å². The van der Waals surface area contributed by atoms with Crippen LogP contribution in [0.5, 0.6) is 0 Å².